The SMILES string of the molecule is C=C(CCc1ccccc1)OC(C)C. The molecule has 14 heavy (non-hydrogen) atoms. The Morgan fingerprint density at radius 2 is 1.93 bits per heavy atom. The highest BCUT2D eigenvalue weighted by Gasteiger charge is 1.99. The molecule has 0 N–H and O–H groups in total. The molecule has 0 fully saturated rings. The van der Waals surface area contributed by atoms with Crippen molar-refractivity contribution in [3.8, 4) is 0 Å². The number of hydrogen-bond donors (Lipinski definition) is 0. The Kier molecular flexibility index (Phi) is 4.24. The van der Waals surface area contributed by atoms with Gasteiger partial charge in [0.05, 0.1) is 11.9 Å². The Hall–Kier alpha value is -1.24. The van der Waals surface area contributed by atoms with E-state index in [0.717, 1.165) is 18.6 Å². The average molecular weight is 190 g/mol. The van der Waals surface area contributed by atoms with Crippen LogP contribution in [0.25, 0.3) is 0 Å². The summed E-state index contributed by atoms with van der Waals surface area (Å²) in [6, 6.07) is 10.4. The highest BCUT2D eigenvalue weighted by Crippen LogP contribution is 2.10. The molecule has 0 saturated carbocycles. The van der Waals surface area contributed by atoms with Gasteiger partial charge in [-0.2, -0.15) is 0 Å². The molecular weight excluding hydrogens is 172 g/mol. The van der Waals surface area contributed by atoms with Crippen molar-refractivity contribution < 1.29 is 4.74 Å². The maximum atomic E-state index is 5.48. The molecule has 76 valence electrons. The Morgan fingerprint density at radius 3 is 2.50 bits per heavy atom. The summed E-state index contributed by atoms with van der Waals surface area (Å²) < 4.78 is 5.48. The van der Waals surface area contributed by atoms with Crippen LogP contribution in [0.3, 0.4) is 0 Å². The second kappa shape index (κ2) is 5.48. The van der Waals surface area contributed by atoms with Crippen LogP contribution in [-0.4, -0.2) is 6.10 Å². The van der Waals surface area contributed by atoms with Gasteiger partial charge in [-0.25, -0.2) is 0 Å². The summed E-state index contributed by atoms with van der Waals surface area (Å²) >= 11 is 0. The van der Waals surface area contributed by atoms with E-state index in [9.17, 15) is 0 Å². The number of rotatable bonds is 5. The minimum Gasteiger partial charge on any atom is -0.496 e. The van der Waals surface area contributed by atoms with Crippen LogP contribution in [0.1, 0.15) is 25.8 Å². The fourth-order valence-electron chi connectivity index (χ4n) is 1.32. The molecule has 0 aromatic heterocycles. The lowest BCUT2D eigenvalue weighted by Crippen LogP contribution is -2.02. The first-order valence-corrected chi connectivity index (χ1v) is 5.07. The summed E-state index contributed by atoms with van der Waals surface area (Å²) in [5, 5.41) is 0. The van der Waals surface area contributed by atoms with Gasteiger partial charge in [0, 0.05) is 6.42 Å². The van der Waals surface area contributed by atoms with Crippen LogP contribution >= 0.6 is 0 Å². The van der Waals surface area contributed by atoms with Crippen molar-refractivity contribution in [3.63, 3.8) is 0 Å². The molecular formula is C13H18O. The summed E-state index contributed by atoms with van der Waals surface area (Å²) in [6.07, 6.45) is 2.15. The summed E-state index contributed by atoms with van der Waals surface area (Å²) in [7, 11) is 0. The van der Waals surface area contributed by atoms with E-state index in [2.05, 4.69) is 30.8 Å². The van der Waals surface area contributed by atoms with Crippen molar-refractivity contribution in [2.24, 2.45) is 0 Å². The molecule has 0 aliphatic carbocycles. The summed E-state index contributed by atoms with van der Waals surface area (Å²) in [5.41, 5.74) is 1.33. The van der Waals surface area contributed by atoms with Gasteiger partial charge < -0.3 is 4.74 Å². The zero-order valence-corrected chi connectivity index (χ0v) is 8.99. The predicted molar refractivity (Wildman–Crippen MR) is 60.1 cm³/mol. The van der Waals surface area contributed by atoms with E-state index in [1.807, 2.05) is 19.9 Å². The van der Waals surface area contributed by atoms with Crippen molar-refractivity contribution in [1.29, 1.82) is 0 Å². The van der Waals surface area contributed by atoms with Gasteiger partial charge in [-0.05, 0) is 25.8 Å². The molecule has 0 unspecified atom stereocenters. The number of hydrogen-bond acceptors (Lipinski definition) is 1. The normalized spacial score (nSPS) is 10.2. The monoisotopic (exact) mass is 190 g/mol. The highest BCUT2D eigenvalue weighted by molar-refractivity contribution is 5.15. The fourth-order valence-corrected chi connectivity index (χ4v) is 1.32. The number of aryl methyl sites for hydroxylation is 1. The first-order chi connectivity index (χ1) is 6.68. The fraction of sp³-hybridized carbons (Fsp3) is 0.385. The second-order valence-corrected chi connectivity index (χ2v) is 3.69. The number of ether oxygens (including phenoxy) is 1. The second-order valence-electron chi connectivity index (χ2n) is 3.69. The third-order valence-corrected chi connectivity index (χ3v) is 1.94. The van der Waals surface area contributed by atoms with Gasteiger partial charge in [0.2, 0.25) is 0 Å². The molecule has 0 aliphatic heterocycles. The Labute approximate surface area is 86.4 Å². The van der Waals surface area contributed by atoms with E-state index >= 15 is 0 Å². The zero-order chi connectivity index (χ0) is 10.4. The highest BCUT2D eigenvalue weighted by atomic mass is 16.5. The Morgan fingerprint density at radius 1 is 1.29 bits per heavy atom. The maximum absolute atomic E-state index is 5.48. The Bertz CT molecular complexity index is 275. The molecule has 0 saturated heterocycles. The minimum absolute atomic E-state index is 0.235. The molecule has 1 nitrogen and oxygen atoms in total. The van der Waals surface area contributed by atoms with E-state index in [-0.39, 0.29) is 6.10 Å². The molecule has 1 rings (SSSR count). The molecule has 1 aromatic carbocycles. The van der Waals surface area contributed by atoms with Crippen molar-refractivity contribution in [2.75, 3.05) is 0 Å². The van der Waals surface area contributed by atoms with E-state index in [0.29, 0.717) is 0 Å². The van der Waals surface area contributed by atoms with E-state index in [4.69, 9.17) is 4.74 Å². The Balaban J connectivity index is 2.31. The molecule has 1 aromatic rings. The van der Waals surface area contributed by atoms with E-state index in [1.165, 1.54) is 5.56 Å². The van der Waals surface area contributed by atoms with Gasteiger partial charge in [0.1, 0.15) is 0 Å². The van der Waals surface area contributed by atoms with Crippen LogP contribution < -0.4 is 0 Å². The summed E-state index contributed by atoms with van der Waals surface area (Å²) in [4.78, 5) is 0. The van der Waals surface area contributed by atoms with Crippen molar-refractivity contribution >= 4 is 0 Å². The number of allylic oxidation sites excluding steroid dienone is 1. The third-order valence-electron chi connectivity index (χ3n) is 1.94. The van der Waals surface area contributed by atoms with Gasteiger partial charge >= 0.3 is 0 Å². The van der Waals surface area contributed by atoms with Gasteiger partial charge in [0.25, 0.3) is 0 Å². The van der Waals surface area contributed by atoms with Crippen LogP contribution in [0.2, 0.25) is 0 Å². The molecule has 1 heteroatoms. The lowest BCUT2D eigenvalue weighted by atomic mass is 10.1. The van der Waals surface area contributed by atoms with Gasteiger partial charge in [-0.3, -0.25) is 0 Å². The molecule has 0 spiro atoms. The van der Waals surface area contributed by atoms with Crippen LogP contribution in [0.15, 0.2) is 42.7 Å². The molecule has 0 heterocycles. The van der Waals surface area contributed by atoms with E-state index < -0.39 is 0 Å². The summed E-state index contributed by atoms with van der Waals surface area (Å²) in [5.74, 6) is 0.879. The smallest absolute Gasteiger partial charge is 0.0926 e. The van der Waals surface area contributed by atoms with Gasteiger partial charge in [0.15, 0.2) is 0 Å². The standard InChI is InChI=1S/C13H18O/c1-11(2)14-12(3)9-10-13-7-5-4-6-8-13/h4-8,11H,3,9-10H2,1-2H3. The van der Waals surface area contributed by atoms with Gasteiger partial charge in [-0.1, -0.05) is 36.9 Å². The van der Waals surface area contributed by atoms with Crippen LogP contribution in [0.5, 0.6) is 0 Å². The third kappa shape index (κ3) is 4.13. The van der Waals surface area contributed by atoms with Gasteiger partial charge in [-0.15, -0.1) is 0 Å². The number of benzene rings is 1. The molecule has 0 radical (unpaired) electrons. The molecule has 0 bridgehead atoms. The molecule has 0 aliphatic rings. The van der Waals surface area contributed by atoms with Crippen LogP contribution in [0.4, 0.5) is 0 Å². The minimum atomic E-state index is 0.235. The van der Waals surface area contributed by atoms with Crippen molar-refractivity contribution in [2.45, 2.75) is 32.8 Å². The lowest BCUT2D eigenvalue weighted by molar-refractivity contribution is 0.141. The van der Waals surface area contributed by atoms with Crippen molar-refractivity contribution in [3.05, 3.63) is 48.2 Å². The molecule has 0 atom stereocenters. The van der Waals surface area contributed by atoms with Crippen LogP contribution in [0, 0.1) is 0 Å². The van der Waals surface area contributed by atoms with Crippen LogP contribution in [-0.2, 0) is 11.2 Å². The first kappa shape index (κ1) is 10.8. The maximum Gasteiger partial charge on any atom is 0.0926 e. The predicted octanol–water partition coefficient (Wildman–Crippen LogP) is 3.56. The first-order valence-electron chi connectivity index (χ1n) is 5.07. The van der Waals surface area contributed by atoms with Crippen molar-refractivity contribution in [1.82, 2.24) is 0 Å². The topological polar surface area (TPSA) is 9.23 Å². The average Bonchev–Trinajstić information content (AvgIpc) is 2.15. The molecule has 0 amide bonds. The zero-order valence-electron chi connectivity index (χ0n) is 8.99. The largest absolute Gasteiger partial charge is 0.496 e. The lowest BCUT2D eigenvalue weighted by Gasteiger charge is -2.12. The quantitative estimate of drug-likeness (QED) is 0.645. The van der Waals surface area contributed by atoms with E-state index in [1.54, 1.807) is 0 Å². The summed E-state index contributed by atoms with van der Waals surface area (Å²) in [6.45, 7) is 7.93.